The smallest absolute Gasteiger partial charge is 0.265 e. The number of carbonyl (C=O) groups is 1. The van der Waals surface area contributed by atoms with Crippen LogP contribution >= 0.6 is 0 Å². The van der Waals surface area contributed by atoms with Gasteiger partial charge in [0.1, 0.15) is 0 Å². The molecule has 144 valence electrons. The molecule has 0 radical (unpaired) electrons. The van der Waals surface area contributed by atoms with Crippen LogP contribution in [0.5, 0.6) is 0 Å². The number of piperazine rings is 1. The van der Waals surface area contributed by atoms with Crippen LogP contribution in [0.2, 0.25) is 0 Å². The summed E-state index contributed by atoms with van der Waals surface area (Å²) >= 11 is 0. The van der Waals surface area contributed by atoms with Crippen molar-refractivity contribution < 1.29 is 18.1 Å². The highest BCUT2D eigenvalue weighted by Crippen LogP contribution is 2.18. The normalized spacial score (nSPS) is 16.1. The molecule has 1 saturated heterocycles. The molecule has 0 saturated carbocycles. The van der Waals surface area contributed by atoms with Gasteiger partial charge < -0.3 is 4.90 Å². The van der Waals surface area contributed by atoms with Crippen LogP contribution in [-0.4, -0.2) is 52.6 Å². The average molecular weight is 390 g/mol. The van der Waals surface area contributed by atoms with E-state index in [9.17, 15) is 13.2 Å². The minimum Gasteiger partial charge on any atom is -0.335 e. The number of anilines is 1. The van der Waals surface area contributed by atoms with Gasteiger partial charge in [-0.25, -0.2) is 13.4 Å². The maximum Gasteiger partial charge on any atom is 0.265 e. The molecule has 3 rings (SSSR count). The van der Waals surface area contributed by atoms with E-state index in [1.165, 1.54) is 17.0 Å². The summed E-state index contributed by atoms with van der Waals surface area (Å²) < 4.78 is 27.9. The van der Waals surface area contributed by atoms with Crippen LogP contribution in [0, 0.1) is 6.92 Å². The van der Waals surface area contributed by atoms with Crippen LogP contribution in [0.25, 0.3) is 0 Å². The quantitative estimate of drug-likeness (QED) is 0.686. The standard InChI is InChI=1S/C19H24N4O3S/c1-15-5-3-7-17(13-15)21-27(25,26)18-8-4-6-16(14-18)19(24)20-23-11-9-22(2)10-12-23/h3-8,13-14,21H,9-12H2,1-2H3,(H,20,24)/p+1. The van der Waals surface area contributed by atoms with E-state index in [1.54, 1.807) is 30.3 Å². The first-order chi connectivity index (χ1) is 12.8. The monoisotopic (exact) mass is 389 g/mol. The van der Waals surface area contributed by atoms with Crippen molar-refractivity contribution in [2.45, 2.75) is 11.8 Å². The molecule has 3 N–H and O–H groups in total. The number of amides is 1. The Hall–Kier alpha value is -2.42. The molecular weight excluding hydrogens is 364 g/mol. The van der Waals surface area contributed by atoms with Gasteiger partial charge in [-0.1, -0.05) is 18.2 Å². The summed E-state index contributed by atoms with van der Waals surface area (Å²) in [7, 11) is -1.65. The number of likely N-dealkylation sites (N-methyl/N-ethyl adjacent to an activating group) is 1. The minimum absolute atomic E-state index is 0.0551. The van der Waals surface area contributed by atoms with E-state index in [-0.39, 0.29) is 10.8 Å². The van der Waals surface area contributed by atoms with Crippen molar-refractivity contribution in [3.63, 3.8) is 0 Å². The van der Waals surface area contributed by atoms with E-state index in [4.69, 9.17) is 0 Å². The van der Waals surface area contributed by atoms with Gasteiger partial charge >= 0.3 is 0 Å². The Morgan fingerprint density at radius 1 is 1.07 bits per heavy atom. The van der Waals surface area contributed by atoms with Crippen molar-refractivity contribution in [1.82, 2.24) is 10.4 Å². The highest BCUT2D eigenvalue weighted by Gasteiger charge is 2.20. The minimum atomic E-state index is -3.77. The Balaban J connectivity index is 1.73. The zero-order valence-corrected chi connectivity index (χ0v) is 16.3. The van der Waals surface area contributed by atoms with Crippen LogP contribution in [0.1, 0.15) is 15.9 Å². The Kier molecular flexibility index (Phi) is 5.79. The lowest BCUT2D eigenvalue weighted by Crippen LogP contribution is -3.12. The number of hydrazine groups is 1. The highest BCUT2D eigenvalue weighted by molar-refractivity contribution is 7.92. The number of aryl methyl sites for hydroxylation is 1. The van der Waals surface area contributed by atoms with Crippen molar-refractivity contribution in [1.29, 1.82) is 0 Å². The summed E-state index contributed by atoms with van der Waals surface area (Å²) in [4.78, 5) is 14.0. The first-order valence-electron chi connectivity index (χ1n) is 8.90. The second-order valence-corrected chi connectivity index (χ2v) is 8.57. The van der Waals surface area contributed by atoms with E-state index < -0.39 is 10.0 Å². The van der Waals surface area contributed by atoms with Gasteiger partial charge in [0.15, 0.2) is 0 Å². The number of benzene rings is 2. The van der Waals surface area contributed by atoms with Gasteiger partial charge in [0.25, 0.3) is 15.9 Å². The summed E-state index contributed by atoms with van der Waals surface area (Å²) in [5, 5.41) is 1.88. The van der Waals surface area contributed by atoms with Crippen LogP contribution in [0.4, 0.5) is 5.69 Å². The second kappa shape index (κ2) is 8.08. The Bertz CT molecular complexity index is 922. The summed E-state index contributed by atoms with van der Waals surface area (Å²) in [5.41, 5.74) is 4.62. The molecule has 1 heterocycles. The van der Waals surface area contributed by atoms with Gasteiger partial charge in [0.05, 0.1) is 38.1 Å². The molecule has 7 nitrogen and oxygen atoms in total. The summed E-state index contributed by atoms with van der Waals surface area (Å²) in [6.45, 7) is 5.34. The number of rotatable bonds is 5. The van der Waals surface area contributed by atoms with Crippen molar-refractivity contribution in [3.05, 3.63) is 59.7 Å². The van der Waals surface area contributed by atoms with Crippen molar-refractivity contribution >= 4 is 21.6 Å². The highest BCUT2D eigenvalue weighted by atomic mass is 32.2. The number of sulfonamides is 1. The van der Waals surface area contributed by atoms with E-state index in [0.717, 1.165) is 31.7 Å². The first kappa shape index (κ1) is 19.3. The zero-order valence-electron chi connectivity index (χ0n) is 15.5. The second-order valence-electron chi connectivity index (χ2n) is 6.89. The molecule has 0 unspecified atom stereocenters. The molecule has 27 heavy (non-hydrogen) atoms. The molecule has 0 spiro atoms. The van der Waals surface area contributed by atoms with Gasteiger partial charge in [-0.05, 0) is 42.8 Å². The van der Waals surface area contributed by atoms with Crippen LogP contribution in [-0.2, 0) is 10.0 Å². The zero-order chi connectivity index (χ0) is 19.4. The predicted molar refractivity (Wildman–Crippen MR) is 104 cm³/mol. The predicted octanol–water partition coefficient (Wildman–Crippen LogP) is 0.271. The van der Waals surface area contributed by atoms with Crippen molar-refractivity contribution in [2.75, 3.05) is 37.9 Å². The summed E-state index contributed by atoms with van der Waals surface area (Å²) in [5.74, 6) is -0.304. The number of nitrogens with one attached hydrogen (secondary N) is 3. The molecule has 8 heteroatoms. The van der Waals surface area contributed by atoms with Crippen molar-refractivity contribution in [3.8, 4) is 0 Å². The lowest BCUT2D eigenvalue weighted by atomic mass is 10.2. The molecule has 1 fully saturated rings. The number of nitrogens with zero attached hydrogens (tertiary/aromatic N) is 1. The maximum atomic E-state index is 12.7. The lowest BCUT2D eigenvalue weighted by Gasteiger charge is -2.30. The van der Waals surface area contributed by atoms with E-state index >= 15 is 0 Å². The molecule has 1 aliphatic heterocycles. The van der Waals surface area contributed by atoms with Gasteiger partial charge in [0.2, 0.25) is 0 Å². The van der Waals surface area contributed by atoms with Crippen LogP contribution in [0.15, 0.2) is 53.4 Å². The number of quaternary nitrogens is 1. The van der Waals surface area contributed by atoms with Gasteiger partial charge in [-0.15, -0.1) is 0 Å². The molecule has 0 bridgehead atoms. The molecule has 2 aromatic carbocycles. The molecule has 1 aliphatic rings. The summed E-state index contributed by atoms with van der Waals surface area (Å²) in [6.07, 6.45) is 0. The third-order valence-corrected chi connectivity index (χ3v) is 5.93. The topological polar surface area (TPSA) is 82.9 Å². The third-order valence-electron chi connectivity index (χ3n) is 4.55. The molecule has 0 aliphatic carbocycles. The lowest BCUT2D eigenvalue weighted by molar-refractivity contribution is -0.884. The fourth-order valence-electron chi connectivity index (χ4n) is 2.94. The number of hydrogen-bond donors (Lipinski definition) is 3. The van der Waals surface area contributed by atoms with Crippen molar-refractivity contribution in [2.24, 2.45) is 0 Å². The molecule has 1 amide bonds. The largest absolute Gasteiger partial charge is 0.335 e. The average Bonchev–Trinajstić information content (AvgIpc) is 2.63. The van der Waals surface area contributed by atoms with Gasteiger partial charge in [-0.2, -0.15) is 0 Å². The molecule has 0 atom stereocenters. The number of hydrogen-bond acceptors (Lipinski definition) is 4. The fraction of sp³-hybridized carbons (Fsp3) is 0.316. The number of carbonyl (C=O) groups excluding carboxylic acids is 1. The van der Waals surface area contributed by atoms with Gasteiger partial charge in [-0.3, -0.25) is 14.9 Å². The first-order valence-corrected chi connectivity index (χ1v) is 10.4. The SMILES string of the molecule is Cc1cccc(NS(=O)(=O)c2cccc(C(=O)NN3CC[NH+](C)CC3)c2)c1. The molecule has 0 aromatic heterocycles. The fourth-order valence-corrected chi connectivity index (χ4v) is 4.03. The summed E-state index contributed by atoms with van der Waals surface area (Å²) in [6, 6.07) is 13.2. The molecular formula is C19H25N4O3S+. The van der Waals surface area contributed by atoms with E-state index in [1.807, 2.05) is 18.0 Å². The van der Waals surface area contributed by atoms with E-state index in [2.05, 4.69) is 17.2 Å². The molecule has 2 aromatic rings. The maximum absolute atomic E-state index is 12.7. The Morgan fingerprint density at radius 2 is 1.78 bits per heavy atom. The third kappa shape index (κ3) is 5.06. The van der Waals surface area contributed by atoms with Crippen LogP contribution in [0.3, 0.4) is 0 Å². The van der Waals surface area contributed by atoms with Crippen LogP contribution < -0.4 is 15.0 Å². The Morgan fingerprint density at radius 3 is 2.48 bits per heavy atom. The van der Waals surface area contributed by atoms with Gasteiger partial charge in [0, 0.05) is 11.3 Å². The van der Waals surface area contributed by atoms with E-state index in [0.29, 0.717) is 11.3 Å². The Labute approximate surface area is 160 Å².